The lowest BCUT2D eigenvalue weighted by molar-refractivity contribution is -0.125. The zero-order valence-electron chi connectivity index (χ0n) is 5.07. The highest BCUT2D eigenvalue weighted by atomic mass is 35.5. The highest BCUT2D eigenvalue weighted by Crippen LogP contribution is 1.96. The number of amides is 1. The van der Waals surface area contributed by atoms with Gasteiger partial charge in [0.05, 0.1) is 0 Å². The predicted molar refractivity (Wildman–Crippen MR) is 36.9 cm³/mol. The summed E-state index contributed by atoms with van der Waals surface area (Å²) in [5.74, 6) is 9.65. The zero-order valence-corrected chi connectivity index (χ0v) is 5.89. The molecule has 1 aliphatic heterocycles. The second-order valence-electron chi connectivity index (χ2n) is 1.72. The first-order valence-corrected chi connectivity index (χ1v) is 2.31. The Labute approximate surface area is 63.6 Å². The molecule has 0 saturated carbocycles. The van der Waals surface area contributed by atoms with Crippen LogP contribution in [0.5, 0.6) is 0 Å². The van der Waals surface area contributed by atoms with Crippen LogP contribution in [0.15, 0.2) is 0 Å². The fourth-order valence-electron chi connectivity index (χ4n) is 0.553. The maximum Gasteiger partial charge on any atom is 0.264 e. The van der Waals surface area contributed by atoms with E-state index in [1.165, 1.54) is 0 Å². The molecule has 7 heteroatoms. The largest absolute Gasteiger partial charge is 0.271 e. The number of carbonyl (C=O) groups is 1. The van der Waals surface area contributed by atoms with E-state index in [9.17, 15) is 4.79 Å². The van der Waals surface area contributed by atoms with Crippen LogP contribution in [0.2, 0.25) is 0 Å². The Morgan fingerprint density at radius 1 is 1.50 bits per heavy atom. The van der Waals surface area contributed by atoms with E-state index in [0.29, 0.717) is 5.01 Å². The Bertz CT molecular complexity index is 170. The first-order valence-electron chi connectivity index (χ1n) is 2.31. The van der Waals surface area contributed by atoms with E-state index < -0.39 is 0 Å². The second kappa shape index (κ2) is 2.82. The quantitative estimate of drug-likeness (QED) is 0.292. The minimum absolute atomic E-state index is 0. The van der Waals surface area contributed by atoms with Gasteiger partial charge in [0.1, 0.15) is 6.54 Å². The molecule has 1 aliphatic rings. The molecule has 0 radical (unpaired) electrons. The third-order valence-corrected chi connectivity index (χ3v) is 1.07. The molecule has 1 amide bonds. The number of hydrogen-bond donors (Lipinski definition) is 3. The van der Waals surface area contributed by atoms with Crippen LogP contribution in [-0.2, 0) is 4.79 Å². The normalized spacial score (nSPS) is 17.8. The number of hydrazine groups is 2. The summed E-state index contributed by atoms with van der Waals surface area (Å²) in [6, 6.07) is 0. The number of carbonyl (C=O) groups excluding carboxylic acids is 1. The molecule has 5 N–H and O–H groups in total. The molecule has 10 heavy (non-hydrogen) atoms. The third-order valence-electron chi connectivity index (χ3n) is 1.07. The number of rotatable bonds is 0. The van der Waals surface area contributed by atoms with Crippen LogP contribution in [0.3, 0.4) is 0 Å². The smallest absolute Gasteiger partial charge is 0.264 e. The van der Waals surface area contributed by atoms with Gasteiger partial charge in [0.15, 0.2) is 0 Å². The highest BCUT2D eigenvalue weighted by molar-refractivity contribution is 6.01. The van der Waals surface area contributed by atoms with E-state index in [1.807, 2.05) is 0 Å². The molecular formula is C3H8ClN5O. The molecule has 1 rings (SSSR count). The predicted octanol–water partition coefficient (Wildman–Crippen LogP) is -1.77. The lowest BCUT2D eigenvalue weighted by Crippen LogP contribution is -2.41. The Hall–Kier alpha value is -0.850. The average Bonchev–Trinajstić information content (AvgIpc) is 1.98. The van der Waals surface area contributed by atoms with Gasteiger partial charge in [-0.2, -0.15) is 0 Å². The number of hydrogen-bond acceptors (Lipinski definition) is 4. The van der Waals surface area contributed by atoms with Crippen LogP contribution in [0.25, 0.3) is 0 Å². The van der Waals surface area contributed by atoms with Crippen LogP contribution >= 0.6 is 12.4 Å². The highest BCUT2D eigenvalue weighted by Gasteiger charge is 2.28. The standard InChI is InChI=1S/C3H7N5O.ClH/c4-3-7(5)1-2(9)8(3)6;/h4H,1,5-6H2;1H. The third kappa shape index (κ3) is 1.18. The summed E-state index contributed by atoms with van der Waals surface area (Å²) in [4.78, 5) is 10.5. The van der Waals surface area contributed by atoms with E-state index in [-0.39, 0.29) is 30.8 Å². The molecule has 6 nitrogen and oxygen atoms in total. The summed E-state index contributed by atoms with van der Waals surface area (Å²) in [6.07, 6.45) is 0. The topological polar surface area (TPSA) is 99.4 Å². The van der Waals surface area contributed by atoms with Crippen molar-refractivity contribution in [3.05, 3.63) is 0 Å². The number of nitrogens with zero attached hydrogens (tertiary/aromatic N) is 2. The lowest BCUT2D eigenvalue weighted by Gasteiger charge is -2.08. The molecule has 0 aliphatic carbocycles. The average molecular weight is 166 g/mol. The molecule has 1 heterocycles. The first kappa shape index (κ1) is 9.15. The summed E-state index contributed by atoms with van der Waals surface area (Å²) in [5.41, 5.74) is 0. The monoisotopic (exact) mass is 165 g/mol. The molecule has 0 atom stereocenters. The van der Waals surface area contributed by atoms with Crippen molar-refractivity contribution < 1.29 is 4.79 Å². The van der Waals surface area contributed by atoms with E-state index >= 15 is 0 Å². The lowest BCUT2D eigenvalue weighted by atomic mass is 10.6. The molecule has 1 fully saturated rings. The van der Waals surface area contributed by atoms with E-state index in [4.69, 9.17) is 17.1 Å². The minimum atomic E-state index is -0.359. The van der Waals surface area contributed by atoms with Gasteiger partial charge in [0, 0.05) is 0 Å². The van der Waals surface area contributed by atoms with Crippen LogP contribution in [0.4, 0.5) is 0 Å². The van der Waals surface area contributed by atoms with Gasteiger partial charge in [-0.1, -0.05) is 0 Å². The van der Waals surface area contributed by atoms with E-state index in [0.717, 1.165) is 5.01 Å². The Morgan fingerprint density at radius 3 is 2.10 bits per heavy atom. The molecule has 58 valence electrons. The summed E-state index contributed by atoms with van der Waals surface area (Å²) in [5, 5.41) is 8.65. The Kier molecular flexibility index (Phi) is 2.58. The minimum Gasteiger partial charge on any atom is -0.271 e. The molecule has 0 bridgehead atoms. The second-order valence-corrected chi connectivity index (χ2v) is 1.72. The van der Waals surface area contributed by atoms with Crippen molar-refractivity contribution in [2.75, 3.05) is 6.54 Å². The fraction of sp³-hybridized carbons (Fsp3) is 0.333. The van der Waals surface area contributed by atoms with Crippen molar-refractivity contribution in [3.63, 3.8) is 0 Å². The van der Waals surface area contributed by atoms with E-state index in [1.54, 1.807) is 0 Å². The van der Waals surface area contributed by atoms with Crippen molar-refractivity contribution in [2.45, 2.75) is 0 Å². The van der Waals surface area contributed by atoms with Gasteiger partial charge in [-0.05, 0) is 0 Å². The van der Waals surface area contributed by atoms with E-state index in [2.05, 4.69) is 0 Å². The summed E-state index contributed by atoms with van der Waals surface area (Å²) in [6.45, 7) is -0.00463. The summed E-state index contributed by atoms with van der Waals surface area (Å²) >= 11 is 0. The summed E-state index contributed by atoms with van der Waals surface area (Å²) < 4.78 is 0. The van der Waals surface area contributed by atoms with Crippen molar-refractivity contribution in [3.8, 4) is 0 Å². The molecule has 0 aromatic rings. The number of nitrogens with two attached hydrogens (primary N) is 2. The van der Waals surface area contributed by atoms with Crippen molar-refractivity contribution in [2.24, 2.45) is 11.7 Å². The fourth-order valence-corrected chi connectivity index (χ4v) is 0.553. The van der Waals surface area contributed by atoms with Crippen molar-refractivity contribution in [1.82, 2.24) is 10.0 Å². The van der Waals surface area contributed by atoms with Crippen LogP contribution in [-0.4, -0.2) is 28.4 Å². The number of nitrogens with one attached hydrogen (secondary N) is 1. The van der Waals surface area contributed by atoms with Crippen LogP contribution in [0.1, 0.15) is 0 Å². The number of guanidine groups is 1. The molecule has 0 aromatic heterocycles. The Balaban J connectivity index is 0.000000810. The first-order chi connectivity index (χ1) is 4.13. The maximum absolute atomic E-state index is 10.5. The molecule has 1 saturated heterocycles. The van der Waals surface area contributed by atoms with Gasteiger partial charge in [-0.25, -0.2) is 16.7 Å². The molecule has 0 aromatic carbocycles. The molecule has 0 spiro atoms. The van der Waals surface area contributed by atoms with Gasteiger partial charge in [0.2, 0.25) is 5.96 Å². The molecule has 0 unspecified atom stereocenters. The Morgan fingerprint density at radius 2 is 2.00 bits per heavy atom. The van der Waals surface area contributed by atoms with Crippen LogP contribution < -0.4 is 11.7 Å². The maximum atomic E-state index is 10.5. The SMILES string of the molecule is Cl.N=C1N(N)CC(=O)N1N. The van der Waals surface area contributed by atoms with Gasteiger partial charge >= 0.3 is 0 Å². The van der Waals surface area contributed by atoms with Crippen molar-refractivity contribution in [1.29, 1.82) is 5.41 Å². The zero-order chi connectivity index (χ0) is 7.02. The van der Waals surface area contributed by atoms with Gasteiger partial charge in [0.25, 0.3) is 5.91 Å². The van der Waals surface area contributed by atoms with Gasteiger partial charge in [-0.15, -0.1) is 12.4 Å². The van der Waals surface area contributed by atoms with Gasteiger partial charge in [-0.3, -0.25) is 15.2 Å². The number of halogens is 1. The molecular weight excluding hydrogens is 158 g/mol. The van der Waals surface area contributed by atoms with Crippen molar-refractivity contribution >= 4 is 24.3 Å². The van der Waals surface area contributed by atoms with Crippen LogP contribution in [0, 0.1) is 5.41 Å². The van der Waals surface area contributed by atoms with Gasteiger partial charge < -0.3 is 0 Å². The summed E-state index contributed by atoms with van der Waals surface area (Å²) in [7, 11) is 0.